The molecule has 0 N–H and O–H groups in total. The molecule has 5 nitrogen and oxygen atoms in total. The standard InChI is InChI=1S/C18H19FN4O/c1-13(23-12-18-21-7-4-8-22-18)15(11-20-2)9-14-5-6-16(19)17(10-14)24-3/h4-8,10-11H,2,9,12H2,1,3H3/b15-11-,23-13-. The van der Waals surface area contributed by atoms with E-state index in [-0.39, 0.29) is 11.6 Å². The van der Waals surface area contributed by atoms with Gasteiger partial charge in [-0.05, 0) is 43.0 Å². The first kappa shape index (κ1) is 17.5. The Morgan fingerprint density at radius 2 is 2.08 bits per heavy atom. The Morgan fingerprint density at radius 1 is 1.33 bits per heavy atom. The second-order valence-electron chi connectivity index (χ2n) is 5.05. The number of benzene rings is 1. The summed E-state index contributed by atoms with van der Waals surface area (Å²) in [5.41, 5.74) is 2.58. The van der Waals surface area contributed by atoms with Gasteiger partial charge in [0.1, 0.15) is 5.82 Å². The normalized spacial score (nSPS) is 12.1. The van der Waals surface area contributed by atoms with Crippen molar-refractivity contribution in [2.75, 3.05) is 7.11 Å². The fourth-order valence-corrected chi connectivity index (χ4v) is 2.11. The van der Waals surface area contributed by atoms with Gasteiger partial charge in [0.2, 0.25) is 0 Å². The lowest BCUT2D eigenvalue weighted by Gasteiger charge is -2.09. The number of hydrogen-bond donors (Lipinski definition) is 0. The highest BCUT2D eigenvalue weighted by atomic mass is 19.1. The van der Waals surface area contributed by atoms with Crippen LogP contribution < -0.4 is 4.74 Å². The van der Waals surface area contributed by atoms with Gasteiger partial charge in [-0.15, -0.1) is 0 Å². The highest BCUT2D eigenvalue weighted by Gasteiger charge is 2.08. The van der Waals surface area contributed by atoms with E-state index in [1.807, 2.05) is 6.92 Å². The highest BCUT2D eigenvalue weighted by Crippen LogP contribution is 2.20. The van der Waals surface area contributed by atoms with Gasteiger partial charge in [-0.2, -0.15) is 0 Å². The fraction of sp³-hybridized carbons (Fsp3) is 0.222. The van der Waals surface area contributed by atoms with Crippen molar-refractivity contribution in [2.45, 2.75) is 19.9 Å². The topological polar surface area (TPSA) is 59.7 Å². The van der Waals surface area contributed by atoms with Crippen molar-refractivity contribution in [2.24, 2.45) is 9.98 Å². The number of hydrogen-bond acceptors (Lipinski definition) is 5. The summed E-state index contributed by atoms with van der Waals surface area (Å²) >= 11 is 0. The molecule has 2 rings (SSSR count). The Labute approximate surface area is 140 Å². The zero-order chi connectivity index (χ0) is 17.4. The van der Waals surface area contributed by atoms with E-state index in [0.29, 0.717) is 18.8 Å². The van der Waals surface area contributed by atoms with Crippen molar-refractivity contribution in [1.29, 1.82) is 0 Å². The monoisotopic (exact) mass is 326 g/mol. The maximum Gasteiger partial charge on any atom is 0.165 e. The van der Waals surface area contributed by atoms with E-state index in [0.717, 1.165) is 16.8 Å². The number of nitrogens with zero attached hydrogens (tertiary/aromatic N) is 4. The molecular formula is C18H19FN4O. The number of halogens is 1. The van der Waals surface area contributed by atoms with Crippen molar-refractivity contribution >= 4 is 12.4 Å². The van der Waals surface area contributed by atoms with E-state index < -0.39 is 0 Å². The van der Waals surface area contributed by atoms with Crippen LogP contribution in [0.2, 0.25) is 0 Å². The average molecular weight is 326 g/mol. The van der Waals surface area contributed by atoms with Crippen LogP contribution in [0.15, 0.2) is 58.4 Å². The van der Waals surface area contributed by atoms with Gasteiger partial charge in [0.05, 0.1) is 13.7 Å². The summed E-state index contributed by atoms with van der Waals surface area (Å²) < 4.78 is 18.5. The second-order valence-corrected chi connectivity index (χ2v) is 5.05. The summed E-state index contributed by atoms with van der Waals surface area (Å²) in [6.07, 6.45) is 5.56. The van der Waals surface area contributed by atoms with Crippen LogP contribution in [0.5, 0.6) is 5.75 Å². The van der Waals surface area contributed by atoms with Gasteiger partial charge in [-0.3, -0.25) is 9.98 Å². The molecule has 0 saturated carbocycles. The molecule has 0 aliphatic heterocycles. The molecule has 0 bridgehead atoms. The van der Waals surface area contributed by atoms with Crippen molar-refractivity contribution in [3.63, 3.8) is 0 Å². The summed E-state index contributed by atoms with van der Waals surface area (Å²) in [6, 6.07) is 6.52. The van der Waals surface area contributed by atoms with Crippen LogP contribution in [0, 0.1) is 5.82 Å². The Balaban J connectivity index is 2.17. The Bertz CT molecular complexity index is 757. The molecule has 0 aliphatic carbocycles. The van der Waals surface area contributed by atoms with E-state index in [9.17, 15) is 4.39 Å². The van der Waals surface area contributed by atoms with Gasteiger partial charge in [0.25, 0.3) is 0 Å². The average Bonchev–Trinajstić information content (AvgIpc) is 2.61. The number of aromatic nitrogens is 2. The van der Waals surface area contributed by atoms with Gasteiger partial charge in [0, 0.05) is 30.7 Å². The summed E-state index contributed by atoms with van der Waals surface area (Å²) in [6.45, 7) is 5.77. The van der Waals surface area contributed by atoms with E-state index >= 15 is 0 Å². The van der Waals surface area contributed by atoms with Crippen molar-refractivity contribution in [1.82, 2.24) is 9.97 Å². The molecule has 1 aromatic carbocycles. The summed E-state index contributed by atoms with van der Waals surface area (Å²) in [5, 5.41) is 0. The molecule has 0 unspecified atom stereocenters. The molecular weight excluding hydrogens is 307 g/mol. The number of aliphatic imine (C=N–C) groups is 2. The quantitative estimate of drug-likeness (QED) is 0.733. The SMILES string of the molecule is C=N/C=C(Cc1ccc(F)c(OC)c1)\C(C)=N/Cc1ncccn1. The van der Waals surface area contributed by atoms with E-state index in [4.69, 9.17) is 4.74 Å². The third kappa shape index (κ3) is 4.81. The molecule has 2 aromatic rings. The minimum atomic E-state index is -0.389. The van der Waals surface area contributed by atoms with Gasteiger partial charge < -0.3 is 4.74 Å². The second kappa shape index (κ2) is 8.67. The van der Waals surface area contributed by atoms with Gasteiger partial charge in [0.15, 0.2) is 11.6 Å². The maximum absolute atomic E-state index is 13.5. The van der Waals surface area contributed by atoms with Crippen LogP contribution in [0.4, 0.5) is 4.39 Å². The third-order valence-corrected chi connectivity index (χ3v) is 3.40. The van der Waals surface area contributed by atoms with Crippen molar-refractivity contribution in [3.8, 4) is 5.75 Å². The minimum Gasteiger partial charge on any atom is -0.494 e. The van der Waals surface area contributed by atoms with Gasteiger partial charge in [-0.1, -0.05) is 6.07 Å². The zero-order valence-corrected chi connectivity index (χ0v) is 13.7. The highest BCUT2D eigenvalue weighted by molar-refractivity contribution is 5.98. The van der Waals surface area contributed by atoms with Crippen LogP contribution in [0.1, 0.15) is 18.3 Å². The summed E-state index contributed by atoms with van der Waals surface area (Å²) in [7, 11) is 1.44. The molecule has 124 valence electrons. The summed E-state index contributed by atoms with van der Waals surface area (Å²) in [4.78, 5) is 16.6. The molecule has 6 heteroatoms. The number of ether oxygens (including phenoxy) is 1. The Hall–Kier alpha value is -2.89. The van der Waals surface area contributed by atoms with E-state index in [1.165, 1.54) is 13.2 Å². The predicted octanol–water partition coefficient (Wildman–Crippen LogP) is 3.41. The van der Waals surface area contributed by atoms with E-state index in [2.05, 4.69) is 26.7 Å². The first-order chi connectivity index (χ1) is 11.6. The number of rotatable bonds is 7. The first-order valence-corrected chi connectivity index (χ1v) is 7.38. The summed E-state index contributed by atoms with van der Waals surface area (Å²) in [5.74, 6) is 0.470. The van der Waals surface area contributed by atoms with Crippen molar-refractivity contribution in [3.05, 3.63) is 65.6 Å². The molecule has 0 radical (unpaired) electrons. The number of methoxy groups -OCH3 is 1. The lowest BCUT2D eigenvalue weighted by molar-refractivity contribution is 0.386. The molecule has 0 aliphatic rings. The smallest absolute Gasteiger partial charge is 0.165 e. The molecule has 0 spiro atoms. The van der Waals surface area contributed by atoms with Gasteiger partial charge in [-0.25, -0.2) is 14.4 Å². The molecule has 0 saturated heterocycles. The maximum atomic E-state index is 13.5. The fourth-order valence-electron chi connectivity index (χ4n) is 2.11. The minimum absolute atomic E-state index is 0.214. The Kier molecular flexibility index (Phi) is 6.31. The zero-order valence-electron chi connectivity index (χ0n) is 13.7. The molecule has 0 atom stereocenters. The molecule has 24 heavy (non-hydrogen) atoms. The largest absolute Gasteiger partial charge is 0.494 e. The lowest BCUT2D eigenvalue weighted by Crippen LogP contribution is -2.04. The molecule has 1 aromatic heterocycles. The van der Waals surface area contributed by atoms with Crippen LogP contribution in [-0.4, -0.2) is 29.5 Å². The lowest BCUT2D eigenvalue weighted by atomic mass is 10.0. The van der Waals surface area contributed by atoms with Crippen LogP contribution in [0.25, 0.3) is 0 Å². The van der Waals surface area contributed by atoms with Gasteiger partial charge >= 0.3 is 0 Å². The van der Waals surface area contributed by atoms with Crippen LogP contribution in [0.3, 0.4) is 0 Å². The number of allylic oxidation sites excluding steroid dienone is 1. The third-order valence-electron chi connectivity index (χ3n) is 3.40. The van der Waals surface area contributed by atoms with Crippen molar-refractivity contribution < 1.29 is 9.13 Å². The Morgan fingerprint density at radius 3 is 2.75 bits per heavy atom. The molecule has 0 fully saturated rings. The molecule has 0 amide bonds. The molecule has 1 heterocycles. The first-order valence-electron chi connectivity index (χ1n) is 7.38. The van der Waals surface area contributed by atoms with E-state index in [1.54, 1.807) is 36.8 Å². The van der Waals surface area contributed by atoms with Crippen LogP contribution in [-0.2, 0) is 13.0 Å². The predicted molar refractivity (Wildman–Crippen MR) is 93.1 cm³/mol. The van der Waals surface area contributed by atoms with Crippen LogP contribution >= 0.6 is 0 Å².